The van der Waals surface area contributed by atoms with Gasteiger partial charge in [0.1, 0.15) is 23.4 Å². The lowest BCUT2D eigenvalue weighted by atomic mass is 9.87. The SMILES string of the molecule is O=C(O)C1C(c2ccc[nH]c2=O)c2c(cc(F)c3c2OCC3)N1Cc1cc2[nH]cnc2cc1F. The van der Waals surface area contributed by atoms with Gasteiger partial charge in [-0.3, -0.25) is 4.79 Å². The molecule has 0 fully saturated rings. The summed E-state index contributed by atoms with van der Waals surface area (Å²) < 4.78 is 35.7. The molecular formula is C24H18F2N4O4. The molecule has 34 heavy (non-hydrogen) atoms. The summed E-state index contributed by atoms with van der Waals surface area (Å²) in [5, 5.41) is 10.3. The number of fused-ring (bicyclic) bond motifs is 4. The van der Waals surface area contributed by atoms with Gasteiger partial charge in [0.2, 0.25) is 0 Å². The molecule has 0 bridgehead atoms. The molecule has 2 aromatic carbocycles. The Balaban J connectivity index is 1.58. The number of nitrogens with one attached hydrogen (secondary N) is 2. The van der Waals surface area contributed by atoms with Crippen molar-refractivity contribution in [1.29, 1.82) is 0 Å². The van der Waals surface area contributed by atoms with E-state index in [2.05, 4.69) is 15.0 Å². The van der Waals surface area contributed by atoms with E-state index in [-0.39, 0.29) is 35.7 Å². The average Bonchev–Trinajstić information content (AvgIpc) is 3.52. The smallest absolute Gasteiger partial charge is 0.327 e. The van der Waals surface area contributed by atoms with Crippen molar-refractivity contribution in [2.75, 3.05) is 11.5 Å². The van der Waals surface area contributed by atoms with E-state index in [1.54, 1.807) is 18.2 Å². The molecule has 4 heterocycles. The summed E-state index contributed by atoms with van der Waals surface area (Å²) in [6.07, 6.45) is 3.23. The third-order valence-electron chi connectivity index (χ3n) is 6.58. The molecule has 4 aromatic rings. The largest absolute Gasteiger partial charge is 0.492 e. The molecule has 2 atom stereocenters. The maximum absolute atomic E-state index is 15.0. The second kappa shape index (κ2) is 7.41. The fourth-order valence-corrected chi connectivity index (χ4v) is 5.12. The molecule has 0 amide bonds. The Morgan fingerprint density at radius 3 is 2.88 bits per heavy atom. The number of carboxylic acid groups (broad SMARTS) is 1. The number of pyridine rings is 1. The number of carbonyl (C=O) groups is 1. The number of benzene rings is 2. The number of aromatic amines is 2. The van der Waals surface area contributed by atoms with E-state index in [1.807, 2.05) is 0 Å². The lowest BCUT2D eigenvalue weighted by molar-refractivity contribution is -0.138. The molecule has 0 aliphatic carbocycles. The fourth-order valence-electron chi connectivity index (χ4n) is 5.12. The second-order valence-electron chi connectivity index (χ2n) is 8.40. The lowest BCUT2D eigenvalue weighted by Crippen LogP contribution is -2.42. The first kappa shape index (κ1) is 20.4. The number of aliphatic carboxylic acids is 1. The number of imidazole rings is 1. The van der Waals surface area contributed by atoms with Crippen LogP contribution in [0.5, 0.6) is 5.75 Å². The Labute approximate surface area is 190 Å². The number of H-pyrrole nitrogens is 2. The first-order chi connectivity index (χ1) is 16.4. The third-order valence-corrected chi connectivity index (χ3v) is 6.58. The van der Waals surface area contributed by atoms with Gasteiger partial charge in [-0.1, -0.05) is 6.07 Å². The standard InChI is InChI=1S/C24H18F2N4O4/c25-14-7-17-16(28-10-29-17)6-11(14)9-30-18-8-15(26)12-3-5-34-22(12)20(18)19(21(30)24(32)33)13-2-1-4-27-23(13)31/h1-2,4,6-8,10,19,21H,3,5,9H2,(H,27,31)(H,28,29)(H,32,33). The van der Waals surface area contributed by atoms with E-state index < -0.39 is 35.1 Å². The molecule has 172 valence electrons. The number of halogens is 2. The van der Waals surface area contributed by atoms with E-state index in [0.717, 1.165) is 0 Å². The highest BCUT2D eigenvalue weighted by Crippen LogP contribution is 2.52. The molecule has 0 radical (unpaired) electrons. The zero-order valence-corrected chi connectivity index (χ0v) is 17.6. The van der Waals surface area contributed by atoms with Crippen LogP contribution >= 0.6 is 0 Å². The molecule has 6 rings (SSSR count). The van der Waals surface area contributed by atoms with Gasteiger partial charge in [0.15, 0.2) is 0 Å². The average molecular weight is 464 g/mol. The van der Waals surface area contributed by atoms with E-state index in [9.17, 15) is 19.1 Å². The predicted octanol–water partition coefficient (Wildman–Crippen LogP) is 3.07. The maximum Gasteiger partial charge on any atom is 0.327 e. The molecule has 2 aliphatic heterocycles. The van der Waals surface area contributed by atoms with Crippen LogP contribution in [-0.4, -0.2) is 38.7 Å². The van der Waals surface area contributed by atoms with Gasteiger partial charge in [0.25, 0.3) is 5.56 Å². The van der Waals surface area contributed by atoms with Gasteiger partial charge in [-0.2, -0.15) is 0 Å². The number of aromatic nitrogens is 3. The molecule has 8 nitrogen and oxygen atoms in total. The van der Waals surface area contributed by atoms with E-state index >= 15 is 4.39 Å². The van der Waals surface area contributed by atoms with E-state index in [4.69, 9.17) is 4.74 Å². The Morgan fingerprint density at radius 1 is 1.24 bits per heavy atom. The molecule has 0 spiro atoms. The highest BCUT2D eigenvalue weighted by Gasteiger charge is 2.48. The Kier molecular flexibility index (Phi) is 4.44. The van der Waals surface area contributed by atoms with Crippen LogP contribution in [0.25, 0.3) is 11.0 Å². The minimum absolute atomic E-state index is 0.162. The molecule has 2 aromatic heterocycles. The summed E-state index contributed by atoms with van der Waals surface area (Å²) in [7, 11) is 0. The number of rotatable bonds is 4. The first-order valence-corrected chi connectivity index (χ1v) is 10.7. The molecule has 0 saturated carbocycles. The number of nitrogens with zero attached hydrogens (tertiary/aromatic N) is 2. The number of hydrogen-bond donors (Lipinski definition) is 3. The summed E-state index contributed by atoms with van der Waals surface area (Å²) in [6, 6.07) is 5.95. The van der Waals surface area contributed by atoms with Gasteiger partial charge in [-0.05, 0) is 18.2 Å². The molecule has 0 saturated heterocycles. The molecule has 3 N–H and O–H groups in total. The number of carboxylic acids is 1. The van der Waals surface area contributed by atoms with Gasteiger partial charge in [-0.15, -0.1) is 0 Å². The predicted molar refractivity (Wildman–Crippen MR) is 118 cm³/mol. The second-order valence-corrected chi connectivity index (χ2v) is 8.40. The highest BCUT2D eigenvalue weighted by atomic mass is 19.1. The Morgan fingerprint density at radius 2 is 2.09 bits per heavy atom. The van der Waals surface area contributed by atoms with Crippen LogP contribution in [0.4, 0.5) is 14.5 Å². The van der Waals surface area contributed by atoms with Crippen LogP contribution in [0.15, 0.2) is 47.7 Å². The van der Waals surface area contributed by atoms with E-state index in [1.165, 1.54) is 29.6 Å². The van der Waals surface area contributed by atoms with Gasteiger partial charge in [-0.25, -0.2) is 18.6 Å². The van der Waals surface area contributed by atoms with Crippen molar-refractivity contribution in [2.24, 2.45) is 0 Å². The van der Waals surface area contributed by atoms with Crippen molar-refractivity contribution in [2.45, 2.75) is 24.9 Å². The molecular weight excluding hydrogens is 446 g/mol. The molecule has 10 heteroatoms. The van der Waals surface area contributed by atoms with Crippen LogP contribution in [0.2, 0.25) is 0 Å². The summed E-state index contributed by atoms with van der Waals surface area (Å²) in [5.41, 5.74) is 2.04. The third kappa shape index (κ3) is 2.91. The molecule has 2 unspecified atom stereocenters. The van der Waals surface area contributed by atoms with Gasteiger partial charge in [0, 0.05) is 53.2 Å². The maximum atomic E-state index is 15.0. The fraction of sp³-hybridized carbons (Fsp3) is 0.208. The van der Waals surface area contributed by atoms with Crippen LogP contribution in [0.1, 0.15) is 28.2 Å². The minimum Gasteiger partial charge on any atom is -0.492 e. The number of hydrogen-bond acceptors (Lipinski definition) is 5. The summed E-state index contributed by atoms with van der Waals surface area (Å²) in [6.45, 7) is 0.0909. The zero-order valence-electron chi connectivity index (χ0n) is 17.6. The van der Waals surface area contributed by atoms with Gasteiger partial charge >= 0.3 is 5.97 Å². The quantitative estimate of drug-likeness (QED) is 0.428. The van der Waals surface area contributed by atoms with Crippen molar-refractivity contribution in [3.8, 4) is 5.75 Å². The minimum atomic E-state index is -1.29. The molecule has 2 aliphatic rings. The summed E-state index contributed by atoms with van der Waals surface area (Å²) >= 11 is 0. The first-order valence-electron chi connectivity index (χ1n) is 10.7. The normalized spacial score (nSPS) is 18.7. The monoisotopic (exact) mass is 464 g/mol. The van der Waals surface area contributed by atoms with Crippen LogP contribution < -0.4 is 15.2 Å². The van der Waals surface area contributed by atoms with Crippen molar-refractivity contribution in [3.63, 3.8) is 0 Å². The van der Waals surface area contributed by atoms with Crippen molar-refractivity contribution < 1.29 is 23.4 Å². The van der Waals surface area contributed by atoms with Crippen LogP contribution in [0, 0.1) is 11.6 Å². The van der Waals surface area contributed by atoms with Crippen LogP contribution in [0.3, 0.4) is 0 Å². The number of ether oxygens (including phenoxy) is 1. The number of anilines is 1. The van der Waals surface area contributed by atoms with Crippen LogP contribution in [-0.2, 0) is 17.8 Å². The van der Waals surface area contributed by atoms with E-state index in [0.29, 0.717) is 28.6 Å². The van der Waals surface area contributed by atoms with Crippen molar-refractivity contribution in [3.05, 3.63) is 87.1 Å². The lowest BCUT2D eigenvalue weighted by Gasteiger charge is -2.27. The topological polar surface area (TPSA) is 111 Å². The zero-order chi connectivity index (χ0) is 23.6. The highest BCUT2D eigenvalue weighted by molar-refractivity contribution is 5.87. The van der Waals surface area contributed by atoms with Gasteiger partial charge < -0.3 is 24.7 Å². The summed E-state index contributed by atoms with van der Waals surface area (Å²) in [4.78, 5) is 36.3. The Bertz CT molecular complexity index is 1530. The Hall–Kier alpha value is -4.21. The summed E-state index contributed by atoms with van der Waals surface area (Å²) in [5.74, 6) is -2.98. The van der Waals surface area contributed by atoms with Crippen molar-refractivity contribution >= 4 is 22.7 Å². The van der Waals surface area contributed by atoms with Gasteiger partial charge in [0.05, 0.1) is 29.9 Å². The van der Waals surface area contributed by atoms with Crippen molar-refractivity contribution in [1.82, 2.24) is 15.0 Å².